The van der Waals surface area contributed by atoms with Crippen LogP contribution < -0.4 is 24.0 Å². The minimum absolute atomic E-state index is 0. The molecule has 0 saturated heterocycles. The molecule has 0 aliphatic heterocycles. The molecule has 244 valence electrons. The zero-order valence-electron chi connectivity index (χ0n) is 28.9. The minimum Gasteiger partial charge on any atom is -1.00 e. The van der Waals surface area contributed by atoms with E-state index in [-0.39, 0.29) is 24.0 Å². The fourth-order valence-electron chi connectivity index (χ4n) is 6.64. The summed E-state index contributed by atoms with van der Waals surface area (Å²) in [5, 5.41) is 0. The first-order valence-corrected chi connectivity index (χ1v) is 21.6. The molecule has 0 unspecified atom stereocenters. The summed E-state index contributed by atoms with van der Waals surface area (Å²) in [5.74, 6) is 0. The largest absolute Gasteiger partial charge is 1.00 e. The highest BCUT2D eigenvalue weighted by molar-refractivity contribution is 7.75. The van der Waals surface area contributed by atoms with Gasteiger partial charge in [-0.3, -0.25) is 0 Å². The summed E-state index contributed by atoms with van der Waals surface area (Å²) in [7, 11) is -0.741. The van der Waals surface area contributed by atoms with Gasteiger partial charge in [0, 0.05) is 7.26 Å². The van der Waals surface area contributed by atoms with Gasteiger partial charge in [-0.25, -0.2) is 0 Å². The van der Waals surface area contributed by atoms with Crippen LogP contribution in [0.25, 0.3) is 0 Å². The Morgan fingerprint density at radius 2 is 0.375 bits per heavy atom. The van der Waals surface area contributed by atoms with E-state index in [0.717, 1.165) is 0 Å². The summed E-state index contributed by atoms with van der Waals surface area (Å²) in [4.78, 5) is 0. The maximum atomic E-state index is 2.37. The lowest BCUT2D eigenvalue weighted by Gasteiger charge is -2.28. The van der Waals surface area contributed by atoms with Gasteiger partial charge >= 0.3 is 0 Å². The standard InChI is InChI=1S/C38H80P.HI/c1-5-9-13-17-19-21-23-25-29-33-37-39(35-31-27-15-11-7-3,36-32-28-16-12-8-4)38-34-30-26-24-22-20-18-14-10-6-2;/h5-38H2,1-4H3;1H/q+1;/p-1. The van der Waals surface area contributed by atoms with Crippen molar-refractivity contribution in [3.63, 3.8) is 0 Å². The molecule has 2 heteroatoms. The molecule has 0 heterocycles. The third-order valence-electron chi connectivity index (χ3n) is 9.44. The number of hydrogen-bond acceptors (Lipinski definition) is 0. The highest BCUT2D eigenvalue weighted by atomic mass is 127. The van der Waals surface area contributed by atoms with Crippen LogP contribution in [0.5, 0.6) is 0 Å². The summed E-state index contributed by atoms with van der Waals surface area (Å²) >= 11 is 0. The fourth-order valence-corrected chi connectivity index (χ4v) is 11.6. The highest BCUT2D eigenvalue weighted by Crippen LogP contribution is 2.61. The van der Waals surface area contributed by atoms with Crippen molar-refractivity contribution in [3.05, 3.63) is 0 Å². The molecule has 40 heavy (non-hydrogen) atoms. The molecule has 0 aliphatic carbocycles. The maximum absolute atomic E-state index is 2.37. The number of halogens is 1. The maximum Gasteiger partial charge on any atom is 0.0594 e. The van der Waals surface area contributed by atoms with E-state index in [4.69, 9.17) is 0 Å². The fraction of sp³-hybridized carbons (Fsp3) is 1.00. The summed E-state index contributed by atoms with van der Waals surface area (Å²) in [6.45, 7) is 9.39. The second-order valence-corrected chi connectivity index (χ2v) is 17.9. The molecular formula is C38H80IP. The van der Waals surface area contributed by atoms with Gasteiger partial charge in [0.15, 0.2) is 0 Å². The molecule has 0 saturated carbocycles. The molecule has 0 atom stereocenters. The number of rotatable bonds is 34. The third-order valence-corrected chi connectivity index (χ3v) is 14.5. The molecule has 0 bridgehead atoms. The van der Waals surface area contributed by atoms with Crippen molar-refractivity contribution in [2.45, 2.75) is 220 Å². The quantitative estimate of drug-likeness (QED) is 0.0357. The van der Waals surface area contributed by atoms with Gasteiger partial charge in [-0.15, -0.1) is 0 Å². The van der Waals surface area contributed by atoms with E-state index in [1.165, 1.54) is 167 Å². The normalized spacial score (nSPS) is 11.7. The summed E-state index contributed by atoms with van der Waals surface area (Å²) in [6.07, 6.45) is 51.2. The van der Waals surface area contributed by atoms with E-state index < -0.39 is 7.26 Å². The van der Waals surface area contributed by atoms with Gasteiger partial charge in [-0.1, -0.05) is 169 Å². The van der Waals surface area contributed by atoms with Crippen molar-refractivity contribution in [3.8, 4) is 0 Å². The number of hydrogen-bond donors (Lipinski definition) is 0. The summed E-state index contributed by atoms with van der Waals surface area (Å²) in [6, 6.07) is 0. The Labute approximate surface area is 274 Å². The van der Waals surface area contributed by atoms with Crippen molar-refractivity contribution in [1.29, 1.82) is 0 Å². The van der Waals surface area contributed by atoms with Crippen LogP contribution in [-0.4, -0.2) is 24.6 Å². The van der Waals surface area contributed by atoms with Gasteiger partial charge in [0.05, 0.1) is 24.6 Å². The third kappa shape index (κ3) is 30.6. The molecule has 0 aromatic heterocycles. The summed E-state index contributed by atoms with van der Waals surface area (Å²) < 4.78 is 0. The van der Waals surface area contributed by atoms with Crippen molar-refractivity contribution in [2.24, 2.45) is 0 Å². The smallest absolute Gasteiger partial charge is 0.0594 e. The average molecular weight is 695 g/mol. The Morgan fingerprint density at radius 3 is 0.550 bits per heavy atom. The van der Waals surface area contributed by atoms with Crippen molar-refractivity contribution >= 4 is 7.26 Å². The van der Waals surface area contributed by atoms with Crippen LogP contribution in [0.1, 0.15) is 220 Å². The number of unbranched alkanes of at least 4 members (excludes halogenated alkanes) is 26. The molecule has 0 amide bonds. The minimum atomic E-state index is -0.741. The monoisotopic (exact) mass is 695 g/mol. The van der Waals surface area contributed by atoms with Crippen LogP contribution in [0.2, 0.25) is 0 Å². The van der Waals surface area contributed by atoms with E-state index in [9.17, 15) is 0 Å². The Hall–Kier alpha value is 1.16. The first kappa shape index (κ1) is 43.3. The molecule has 0 N–H and O–H groups in total. The van der Waals surface area contributed by atoms with Gasteiger partial charge < -0.3 is 24.0 Å². The predicted molar refractivity (Wildman–Crippen MR) is 188 cm³/mol. The Bertz CT molecular complexity index is 397. The second kappa shape index (κ2) is 36.4. The molecule has 0 aromatic rings. The van der Waals surface area contributed by atoms with E-state index in [0.29, 0.717) is 0 Å². The van der Waals surface area contributed by atoms with E-state index in [2.05, 4.69) is 27.7 Å². The van der Waals surface area contributed by atoms with Gasteiger partial charge in [0.2, 0.25) is 0 Å². The van der Waals surface area contributed by atoms with Crippen LogP contribution in [0.3, 0.4) is 0 Å². The van der Waals surface area contributed by atoms with Crippen LogP contribution >= 0.6 is 7.26 Å². The second-order valence-electron chi connectivity index (χ2n) is 13.4. The van der Waals surface area contributed by atoms with Crippen molar-refractivity contribution in [1.82, 2.24) is 0 Å². The molecule has 0 spiro atoms. The van der Waals surface area contributed by atoms with Gasteiger partial charge in [0.1, 0.15) is 0 Å². The van der Waals surface area contributed by atoms with Gasteiger partial charge in [-0.2, -0.15) is 0 Å². The van der Waals surface area contributed by atoms with Crippen molar-refractivity contribution < 1.29 is 24.0 Å². The lowest BCUT2D eigenvalue weighted by atomic mass is 10.1. The average Bonchev–Trinajstić information content (AvgIpc) is 2.94. The first-order chi connectivity index (χ1) is 19.2. The molecule has 0 rings (SSSR count). The van der Waals surface area contributed by atoms with Crippen LogP contribution in [0.4, 0.5) is 0 Å². The van der Waals surface area contributed by atoms with E-state index >= 15 is 0 Å². The molecule has 0 radical (unpaired) electrons. The van der Waals surface area contributed by atoms with E-state index in [1.807, 2.05) is 0 Å². The Balaban J connectivity index is 0. The van der Waals surface area contributed by atoms with Crippen molar-refractivity contribution in [2.75, 3.05) is 24.6 Å². The zero-order chi connectivity index (χ0) is 28.5. The topological polar surface area (TPSA) is 0 Å². The lowest BCUT2D eigenvalue weighted by molar-refractivity contribution is -0.00000887. The predicted octanol–water partition coefficient (Wildman–Crippen LogP) is 11.8. The first-order valence-electron chi connectivity index (χ1n) is 19.1. The molecular weight excluding hydrogens is 614 g/mol. The SMILES string of the molecule is CCCCCCCCCCCC[P+](CCCCCCC)(CCCCCCC)CCCCCCCCCCCC.[I-]. The van der Waals surface area contributed by atoms with Gasteiger partial charge in [-0.05, 0) is 51.4 Å². The zero-order valence-corrected chi connectivity index (χ0v) is 31.9. The molecule has 0 aliphatic rings. The summed E-state index contributed by atoms with van der Waals surface area (Å²) in [5.41, 5.74) is 0. The molecule has 0 fully saturated rings. The van der Waals surface area contributed by atoms with Crippen LogP contribution in [-0.2, 0) is 0 Å². The van der Waals surface area contributed by atoms with E-state index in [1.54, 1.807) is 50.3 Å². The lowest BCUT2D eigenvalue weighted by Crippen LogP contribution is -3.00. The van der Waals surface area contributed by atoms with Gasteiger partial charge in [0.25, 0.3) is 0 Å². The van der Waals surface area contributed by atoms with Crippen LogP contribution in [0.15, 0.2) is 0 Å². The van der Waals surface area contributed by atoms with Crippen LogP contribution in [0, 0.1) is 0 Å². The Kier molecular flexibility index (Phi) is 39.3. The molecule has 0 aromatic carbocycles. The Morgan fingerprint density at radius 1 is 0.225 bits per heavy atom. The highest BCUT2D eigenvalue weighted by Gasteiger charge is 2.34. The molecule has 0 nitrogen and oxygen atoms in total.